The first kappa shape index (κ1) is 9.33. The van der Waals surface area contributed by atoms with Crippen LogP contribution < -0.4 is 5.73 Å². The van der Waals surface area contributed by atoms with Crippen LogP contribution in [0.2, 0.25) is 0 Å². The lowest BCUT2D eigenvalue weighted by Crippen LogP contribution is -1.94. The van der Waals surface area contributed by atoms with Crippen LogP contribution >= 0.6 is 15.9 Å². The molecule has 5 heteroatoms. The second-order valence-electron chi connectivity index (χ2n) is 2.79. The highest BCUT2D eigenvalue weighted by Crippen LogP contribution is 2.26. The molecular weight excluding hydrogens is 254 g/mol. The van der Waals surface area contributed by atoms with E-state index in [1.165, 1.54) is 12.1 Å². The summed E-state index contributed by atoms with van der Waals surface area (Å²) in [5.74, 6) is -0.965. The summed E-state index contributed by atoms with van der Waals surface area (Å²) in [6, 6.07) is 3.86. The number of nitrogens with zero attached hydrogens (tertiary/aromatic N) is 1. The predicted molar refractivity (Wildman–Crippen MR) is 53.8 cm³/mol. The Morgan fingerprint density at radius 2 is 2.00 bits per heavy atom. The lowest BCUT2D eigenvalue weighted by atomic mass is 10.2. The first-order valence-corrected chi connectivity index (χ1v) is 4.58. The van der Waals surface area contributed by atoms with Crippen LogP contribution in [0.25, 0.3) is 10.9 Å². The topological polar surface area (TPSA) is 38.9 Å². The Morgan fingerprint density at radius 1 is 1.29 bits per heavy atom. The maximum Gasteiger partial charge on any atom is 0.150 e. The Kier molecular flexibility index (Phi) is 2.11. The number of anilines is 1. The van der Waals surface area contributed by atoms with Gasteiger partial charge >= 0.3 is 0 Å². The van der Waals surface area contributed by atoms with E-state index in [2.05, 4.69) is 20.9 Å². The molecule has 0 spiro atoms. The zero-order valence-corrected chi connectivity index (χ0v) is 8.48. The summed E-state index contributed by atoms with van der Waals surface area (Å²) in [6.07, 6.45) is 0. The van der Waals surface area contributed by atoms with Gasteiger partial charge in [-0.3, -0.25) is 0 Å². The van der Waals surface area contributed by atoms with Crippen LogP contribution in [-0.4, -0.2) is 4.98 Å². The molecule has 0 saturated carbocycles. The number of nitrogens with two attached hydrogens (primary N) is 1. The monoisotopic (exact) mass is 258 g/mol. The zero-order valence-electron chi connectivity index (χ0n) is 6.89. The maximum absolute atomic E-state index is 13.4. The molecule has 14 heavy (non-hydrogen) atoms. The second-order valence-corrected chi connectivity index (χ2v) is 3.64. The van der Waals surface area contributed by atoms with Gasteiger partial charge in [0.15, 0.2) is 5.82 Å². The van der Waals surface area contributed by atoms with Crippen LogP contribution in [0.4, 0.5) is 14.6 Å². The van der Waals surface area contributed by atoms with Crippen LogP contribution in [0, 0.1) is 11.6 Å². The molecule has 0 saturated heterocycles. The van der Waals surface area contributed by atoms with Crippen molar-refractivity contribution in [1.29, 1.82) is 0 Å². The molecule has 0 unspecified atom stereocenters. The van der Waals surface area contributed by atoms with Crippen molar-refractivity contribution in [2.75, 3.05) is 5.73 Å². The number of halogens is 3. The zero-order chi connectivity index (χ0) is 10.3. The number of aromatic nitrogens is 1. The first-order valence-electron chi connectivity index (χ1n) is 3.79. The summed E-state index contributed by atoms with van der Waals surface area (Å²) in [5, 5.41) is 0.117. The molecule has 0 fully saturated rings. The van der Waals surface area contributed by atoms with Crippen molar-refractivity contribution in [1.82, 2.24) is 4.98 Å². The summed E-state index contributed by atoms with van der Waals surface area (Å²) in [7, 11) is 0. The molecule has 0 bridgehead atoms. The summed E-state index contributed by atoms with van der Waals surface area (Å²) in [4.78, 5) is 3.72. The van der Waals surface area contributed by atoms with Crippen molar-refractivity contribution in [3.63, 3.8) is 0 Å². The van der Waals surface area contributed by atoms with E-state index >= 15 is 0 Å². The van der Waals surface area contributed by atoms with Gasteiger partial charge in [0.2, 0.25) is 0 Å². The molecule has 0 atom stereocenters. The minimum absolute atomic E-state index is 0.0503. The van der Waals surface area contributed by atoms with E-state index in [0.717, 1.165) is 6.07 Å². The Morgan fingerprint density at radius 3 is 2.71 bits per heavy atom. The van der Waals surface area contributed by atoms with Gasteiger partial charge in [0.1, 0.15) is 17.2 Å². The molecule has 2 aromatic rings. The van der Waals surface area contributed by atoms with Gasteiger partial charge in [-0.15, -0.1) is 0 Å². The molecule has 0 aliphatic carbocycles. The summed E-state index contributed by atoms with van der Waals surface area (Å²) in [5.41, 5.74) is 5.32. The predicted octanol–water partition coefficient (Wildman–Crippen LogP) is 2.86. The van der Waals surface area contributed by atoms with Crippen molar-refractivity contribution in [2.24, 2.45) is 0 Å². The van der Waals surface area contributed by atoms with E-state index in [1.54, 1.807) is 0 Å². The number of nitrogen functional groups attached to an aromatic ring is 1. The van der Waals surface area contributed by atoms with Gasteiger partial charge in [-0.25, -0.2) is 13.8 Å². The average Bonchev–Trinajstić information content (AvgIpc) is 2.14. The summed E-state index contributed by atoms with van der Waals surface area (Å²) < 4.78 is 26.8. The number of rotatable bonds is 0. The number of hydrogen-bond donors (Lipinski definition) is 1. The first-order chi connectivity index (χ1) is 6.59. The molecule has 1 aromatic heterocycles. The van der Waals surface area contributed by atoms with E-state index in [0.29, 0.717) is 0 Å². The maximum atomic E-state index is 13.4. The van der Waals surface area contributed by atoms with Crippen molar-refractivity contribution in [3.8, 4) is 0 Å². The van der Waals surface area contributed by atoms with Crippen LogP contribution in [0.15, 0.2) is 22.7 Å². The third kappa shape index (κ3) is 1.33. The van der Waals surface area contributed by atoms with Gasteiger partial charge in [0.25, 0.3) is 0 Å². The fourth-order valence-electron chi connectivity index (χ4n) is 1.21. The molecule has 0 aliphatic heterocycles. The molecular formula is C9H5BrF2N2. The van der Waals surface area contributed by atoms with E-state index in [9.17, 15) is 8.78 Å². The molecule has 0 radical (unpaired) electrons. The van der Waals surface area contributed by atoms with E-state index < -0.39 is 11.6 Å². The minimum atomic E-state index is -0.597. The highest BCUT2D eigenvalue weighted by Gasteiger charge is 2.11. The van der Waals surface area contributed by atoms with Crippen molar-refractivity contribution < 1.29 is 8.78 Å². The third-order valence-electron chi connectivity index (χ3n) is 1.84. The number of benzene rings is 1. The molecule has 2 rings (SSSR count). The summed E-state index contributed by atoms with van der Waals surface area (Å²) >= 11 is 2.91. The SMILES string of the molecule is Nc1ccc2c(F)c(Br)cc(F)c2n1. The van der Waals surface area contributed by atoms with E-state index in [1.807, 2.05) is 0 Å². The van der Waals surface area contributed by atoms with Crippen molar-refractivity contribution >= 4 is 32.7 Å². The molecule has 72 valence electrons. The minimum Gasteiger partial charge on any atom is -0.384 e. The number of pyridine rings is 1. The third-order valence-corrected chi connectivity index (χ3v) is 2.42. The van der Waals surface area contributed by atoms with Crippen LogP contribution in [-0.2, 0) is 0 Å². The van der Waals surface area contributed by atoms with Gasteiger partial charge in [0.05, 0.1) is 4.47 Å². The van der Waals surface area contributed by atoms with Gasteiger partial charge in [-0.2, -0.15) is 0 Å². The average molecular weight is 259 g/mol. The number of hydrogen-bond acceptors (Lipinski definition) is 2. The van der Waals surface area contributed by atoms with Gasteiger partial charge < -0.3 is 5.73 Å². The molecule has 0 aliphatic rings. The Hall–Kier alpha value is -1.23. The van der Waals surface area contributed by atoms with Crippen LogP contribution in [0.5, 0.6) is 0 Å². The Balaban J connectivity index is 2.94. The molecule has 2 nitrogen and oxygen atoms in total. The van der Waals surface area contributed by atoms with Crippen molar-refractivity contribution in [2.45, 2.75) is 0 Å². The second kappa shape index (κ2) is 3.16. The smallest absolute Gasteiger partial charge is 0.150 e. The van der Waals surface area contributed by atoms with Gasteiger partial charge in [0, 0.05) is 5.39 Å². The quantitative estimate of drug-likeness (QED) is 0.739. The van der Waals surface area contributed by atoms with Crippen LogP contribution in [0.1, 0.15) is 0 Å². The van der Waals surface area contributed by atoms with Crippen molar-refractivity contribution in [3.05, 3.63) is 34.3 Å². The highest BCUT2D eigenvalue weighted by molar-refractivity contribution is 9.10. The van der Waals surface area contributed by atoms with Gasteiger partial charge in [-0.05, 0) is 34.1 Å². The highest BCUT2D eigenvalue weighted by atomic mass is 79.9. The molecule has 1 heterocycles. The van der Waals surface area contributed by atoms with Gasteiger partial charge in [-0.1, -0.05) is 0 Å². The summed E-state index contributed by atoms with van der Waals surface area (Å²) in [6.45, 7) is 0. The van der Waals surface area contributed by atoms with Crippen LogP contribution in [0.3, 0.4) is 0 Å². The molecule has 2 N–H and O–H groups in total. The molecule has 0 amide bonds. The molecule has 1 aromatic carbocycles. The standard InChI is InChI=1S/C9H5BrF2N2/c10-5-3-6(11)9-4(8(5)12)1-2-7(13)14-9/h1-3H,(H2,13,14). The lowest BCUT2D eigenvalue weighted by molar-refractivity contribution is 0.610. The Bertz CT molecular complexity index is 514. The number of fused-ring (bicyclic) bond motifs is 1. The Labute approximate surface area is 86.9 Å². The van der Waals surface area contributed by atoms with E-state index in [4.69, 9.17) is 5.73 Å². The fraction of sp³-hybridized carbons (Fsp3) is 0. The van der Waals surface area contributed by atoms with E-state index in [-0.39, 0.29) is 21.2 Å². The lowest BCUT2D eigenvalue weighted by Gasteiger charge is -2.03. The largest absolute Gasteiger partial charge is 0.384 e. The fourth-order valence-corrected chi connectivity index (χ4v) is 1.62. The normalized spacial score (nSPS) is 10.8.